The molecule has 0 aromatic carbocycles. The molecule has 2 aliphatic heterocycles. The molecule has 0 aromatic rings. The van der Waals surface area contributed by atoms with E-state index in [0.717, 1.165) is 52.1 Å². The average molecular weight is 296 g/mol. The van der Waals surface area contributed by atoms with E-state index in [-0.39, 0.29) is 32.1 Å². The normalized spacial score (nSPS) is 22.2. The van der Waals surface area contributed by atoms with Crippen LogP contribution >= 0.6 is 0 Å². The van der Waals surface area contributed by atoms with E-state index in [4.69, 9.17) is 18.9 Å². The molecule has 5 heteroatoms. The molecule has 0 unspecified atom stereocenters. The first-order chi connectivity index (χ1) is 7.86. The van der Waals surface area contributed by atoms with Gasteiger partial charge < -0.3 is 32.8 Å². The monoisotopic (exact) mass is 294 g/mol. The van der Waals surface area contributed by atoms with E-state index in [0.29, 0.717) is 0 Å². The van der Waals surface area contributed by atoms with Crippen LogP contribution in [0, 0.1) is 13.8 Å². The summed E-state index contributed by atoms with van der Waals surface area (Å²) >= 11 is 0. The van der Waals surface area contributed by atoms with E-state index in [2.05, 4.69) is 13.8 Å². The van der Waals surface area contributed by atoms with Gasteiger partial charge >= 0.3 is 19.5 Å². The Balaban J connectivity index is 0.000000284. The maximum absolute atomic E-state index is 5.14. The van der Waals surface area contributed by atoms with Gasteiger partial charge in [-0.05, 0) is 12.8 Å². The van der Waals surface area contributed by atoms with E-state index in [9.17, 15) is 0 Å². The smallest absolute Gasteiger partial charge is 0.355 e. The van der Waals surface area contributed by atoms with Crippen molar-refractivity contribution >= 4 is 0 Å². The van der Waals surface area contributed by atoms with Gasteiger partial charge in [-0.15, -0.1) is 12.8 Å². The third kappa shape index (κ3) is 8.22. The molecule has 0 aliphatic carbocycles. The molecule has 96 valence electrons. The fourth-order valence-corrected chi connectivity index (χ4v) is 1.41. The Labute approximate surface area is 117 Å². The van der Waals surface area contributed by atoms with Gasteiger partial charge in [0.1, 0.15) is 12.6 Å². The summed E-state index contributed by atoms with van der Waals surface area (Å²) in [6.07, 6.45) is 3.44. The fraction of sp³-hybridized carbons (Fsp3) is 0.833. The second-order valence-electron chi connectivity index (χ2n) is 3.63. The summed E-state index contributed by atoms with van der Waals surface area (Å²) in [5, 5.41) is 0. The standard InChI is InChI=1S/2C6H11O2.Zn/c2*1-2-6-7-4-3-5-8-6;/h2*6H,1-5H2;/q2*-1;+2. The molecular formula is C12H22O4Zn. The van der Waals surface area contributed by atoms with Crippen LogP contribution in [0.2, 0.25) is 0 Å². The van der Waals surface area contributed by atoms with Crippen LogP contribution in [-0.4, -0.2) is 39.0 Å². The molecule has 2 saturated heterocycles. The van der Waals surface area contributed by atoms with E-state index in [1.54, 1.807) is 0 Å². The Bertz CT molecular complexity index is 139. The topological polar surface area (TPSA) is 36.9 Å². The van der Waals surface area contributed by atoms with Crippen molar-refractivity contribution < 1.29 is 38.4 Å². The van der Waals surface area contributed by atoms with E-state index < -0.39 is 0 Å². The van der Waals surface area contributed by atoms with Crippen LogP contribution in [0.15, 0.2) is 0 Å². The van der Waals surface area contributed by atoms with Crippen LogP contribution in [0.4, 0.5) is 0 Å². The number of rotatable bonds is 2. The molecule has 2 fully saturated rings. The van der Waals surface area contributed by atoms with Crippen molar-refractivity contribution in [1.29, 1.82) is 0 Å². The van der Waals surface area contributed by atoms with Crippen molar-refractivity contribution in [3.63, 3.8) is 0 Å². The Morgan fingerprint density at radius 1 is 0.706 bits per heavy atom. The first kappa shape index (κ1) is 17.5. The second kappa shape index (κ2) is 11.5. The SMILES string of the molecule is [CH2-]CC1OCCCO1.[CH2-]CC1OCCCO1.[Zn+2]. The van der Waals surface area contributed by atoms with Gasteiger partial charge in [-0.3, -0.25) is 0 Å². The van der Waals surface area contributed by atoms with Gasteiger partial charge in [0.15, 0.2) is 0 Å². The minimum atomic E-state index is -0.0243. The van der Waals surface area contributed by atoms with Crippen molar-refractivity contribution in [1.82, 2.24) is 0 Å². The van der Waals surface area contributed by atoms with E-state index >= 15 is 0 Å². The van der Waals surface area contributed by atoms with E-state index in [1.807, 2.05) is 0 Å². The maximum Gasteiger partial charge on any atom is 2.00 e. The van der Waals surface area contributed by atoms with Gasteiger partial charge in [-0.2, -0.15) is 0 Å². The molecule has 17 heavy (non-hydrogen) atoms. The molecule has 4 nitrogen and oxygen atoms in total. The minimum Gasteiger partial charge on any atom is -0.355 e. The number of hydrogen-bond acceptors (Lipinski definition) is 4. The van der Waals surface area contributed by atoms with Crippen LogP contribution in [0.5, 0.6) is 0 Å². The zero-order chi connectivity index (χ0) is 11.6. The molecule has 0 atom stereocenters. The van der Waals surface area contributed by atoms with Gasteiger partial charge in [0.05, 0.1) is 26.4 Å². The third-order valence-electron chi connectivity index (χ3n) is 2.26. The Hall–Kier alpha value is 0.463. The summed E-state index contributed by atoms with van der Waals surface area (Å²) in [7, 11) is 0. The Morgan fingerprint density at radius 2 is 1.00 bits per heavy atom. The van der Waals surface area contributed by atoms with Gasteiger partial charge in [0, 0.05) is 0 Å². The summed E-state index contributed by atoms with van der Waals surface area (Å²) in [5.74, 6) is 0. The molecule has 0 aromatic heterocycles. The van der Waals surface area contributed by atoms with Crippen LogP contribution < -0.4 is 0 Å². The molecule has 0 radical (unpaired) electrons. The number of ether oxygens (including phenoxy) is 4. The molecule has 2 aliphatic rings. The first-order valence-corrected chi connectivity index (χ1v) is 5.91. The van der Waals surface area contributed by atoms with Gasteiger partial charge in [0.2, 0.25) is 0 Å². The summed E-state index contributed by atoms with van der Waals surface area (Å²) in [5.41, 5.74) is 0. The van der Waals surface area contributed by atoms with Crippen LogP contribution in [0.25, 0.3) is 0 Å². The predicted molar refractivity (Wildman–Crippen MR) is 60.6 cm³/mol. The fourth-order valence-electron chi connectivity index (χ4n) is 1.41. The van der Waals surface area contributed by atoms with Crippen molar-refractivity contribution in [2.24, 2.45) is 0 Å². The zero-order valence-electron chi connectivity index (χ0n) is 10.6. The van der Waals surface area contributed by atoms with Crippen LogP contribution in [0.1, 0.15) is 25.7 Å². The zero-order valence-corrected chi connectivity index (χ0v) is 13.5. The molecule has 2 heterocycles. The second-order valence-corrected chi connectivity index (χ2v) is 3.63. The largest absolute Gasteiger partial charge is 2.00 e. The Morgan fingerprint density at radius 3 is 1.18 bits per heavy atom. The van der Waals surface area contributed by atoms with Crippen molar-refractivity contribution in [3.8, 4) is 0 Å². The average Bonchev–Trinajstić information content (AvgIpc) is 2.41. The number of hydrogen-bond donors (Lipinski definition) is 0. The predicted octanol–water partition coefficient (Wildman–Crippen LogP) is 1.94. The van der Waals surface area contributed by atoms with E-state index in [1.165, 1.54) is 0 Å². The van der Waals surface area contributed by atoms with Gasteiger partial charge in [0.25, 0.3) is 0 Å². The summed E-state index contributed by atoms with van der Waals surface area (Å²) in [4.78, 5) is 0. The molecule has 0 amide bonds. The molecule has 0 bridgehead atoms. The first-order valence-electron chi connectivity index (χ1n) is 5.91. The molecular weight excluding hydrogens is 274 g/mol. The summed E-state index contributed by atoms with van der Waals surface area (Å²) in [6, 6.07) is 0. The summed E-state index contributed by atoms with van der Waals surface area (Å²) < 4.78 is 20.6. The van der Waals surface area contributed by atoms with Crippen LogP contribution in [-0.2, 0) is 38.4 Å². The molecule has 0 saturated carbocycles. The van der Waals surface area contributed by atoms with Gasteiger partial charge in [-0.1, -0.05) is 0 Å². The third-order valence-corrected chi connectivity index (χ3v) is 2.26. The van der Waals surface area contributed by atoms with Crippen molar-refractivity contribution in [2.75, 3.05) is 26.4 Å². The maximum atomic E-state index is 5.14. The van der Waals surface area contributed by atoms with Crippen LogP contribution in [0.3, 0.4) is 0 Å². The van der Waals surface area contributed by atoms with Crippen molar-refractivity contribution in [2.45, 2.75) is 38.3 Å². The molecule has 0 spiro atoms. The quantitative estimate of drug-likeness (QED) is 0.576. The van der Waals surface area contributed by atoms with Gasteiger partial charge in [-0.25, -0.2) is 0 Å². The molecule has 0 N–H and O–H groups in total. The molecule has 2 rings (SSSR count). The minimum absolute atomic E-state index is 0. The van der Waals surface area contributed by atoms with Crippen molar-refractivity contribution in [3.05, 3.63) is 13.8 Å². The Kier molecular flexibility index (Phi) is 11.9. The summed E-state index contributed by atoms with van der Waals surface area (Å²) in [6.45, 7) is 10.7.